The molecule has 1 aliphatic carbocycles. The highest BCUT2D eigenvalue weighted by Gasteiger charge is 2.46. The molecule has 174 valence electrons. The Hall–Kier alpha value is -2.97. The van der Waals surface area contributed by atoms with E-state index < -0.39 is 6.10 Å². The van der Waals surface area contributed by atoms with E-state index in [1.807, 2.05) is 30.3 Å². The molecule has 0 radical (unpaired) electrons. The Labute approximate surface area is 192 Å². The van der Waals surface area contributed by atoms with E-state index in [1.165, 1.54) is 0 Å². The van der Waals surface area contributed by atoms with E-state index in [2.05, 4.69) is 15.6 Å². The number of pyridine rings is 1. The van der Waals surface area contributed by atoms with Crippen LogP contribution >= 0.6 is 0 Å². The molecule has 33 heavy (non-hydrogen) atoms. The average Bonchev–Trinajstić information content (AvgIpc) is 3.14. The zero-order chi connectivity index (χ0) is 22.8. The van der Waals surface area contributed by atoms with Crippen molar-refractivity contribution in [2.45, 2.75) is 62.9 Å². The fourth-order valence-corrected chi connectivity index (χ4v) is 4.86. The van der Waals surface area contributed by atoms with Gasteiger partial charge in [0.1, 0.15) is 18.0 Å². The van der Waals surface area contributed by atoms with Crippen molar-refractivity contribution in [1.82, 2.24) is 10.3 Å². The second-order valence-corrected chi connectivity index (χ2v) is 9.11. The van der Waals surface area contributed by atoms with E-state index in [4.69, 9.17) is 9.47 Å². The molecule has 3 heterocycles. The van der Waals surface area contributed by atoms with E-state index in [-0.39, 0.29) is 48.9 Å². The molecule has 0 spiro atoms. The Kier molecular flexibility index (Phi) is 6.28. The molecule has 8 nitrogen and oxygen atoms in total. The normalized spacial score (nSPS) is 25.8. The summed E-state index contributed by atoms with van der Waals surface area (Å²) in [5.74, 6) is 0.813. The van der Waals surface area contributed by atoms with Crippen LogP contribution in [0.2, 0.25) is 0 Å². The number of nitrogens with one attached hydrogen (secondary N) is 2. The first-order valence-corrected chi connectivity index (χ1v) is 11.6. The number of carbonyl (C=O) groups is 2. The van der Waals surface area contributed by atoms with Crippen molar-refractivity contribution in [3.8, 4) is 5.75 Å². The second-order valence-electron chi connectivity index (χ2n) is 9.11. The van der Waals surface area contributed by atoms with Crippen molar-refractivity contribution in [3.05, 3.63) is 53.9 Å². The molecule has 2 fully saturated rings. The largest absolute Gasteiger partial charge is 0.487 e. The van der Waals surface area contributed by atoms with Gasteiger partial charge in [-0.3, -0.25) is 14.6 Å². The molecule has 1 saturated carbocycles. The van der Waals surface area contributed by atoms with Crippen LogP contribution < -0.4 is 15.4 Å². The number of amides is 2. The molecule has 0 bridgehead atoms. The third-order valence-electron chi connectivity index (χ3n) is 6.89. The highest BCUT2D eigenvalue weighted by atomic mass is 16.6. The van der Waals surface area contributed by atoms with Gasteiger partial charge in [-0.05, 0) is 55.2 Å². The maximum absolute atomic E-state index is 12.5. The van der Waals surface area contributed by atoms with Crippen LogP contribution in [0.15, 0.2) is 42.7 Å². The summed E-state index contributed by atoms with van der Waals surface area (Å²) in [6, 6.07) is 9.41. The summed E-state index contributed by atoms with van der Waals surface area (Å²) >= 11 is 0. The summed E-state index contributed by atoms with van der Waals surface area (Å²) in [5, 5.41) is 15.9. The molecular weight excluding hydrogens is 422 g/mol. The number of rotatable bonds is 7. The molecule has 2 aromatic rings. The van der Waals surface area contributed by atoms with Crippen molar-refractivity contribution in [3.63, 3.8) is 0 Å². The number of benzene rings is 1. The molecular formula is C25H29N3O5. The smallest absolute Gasteiger partial charge is 0.227 e. The van der Waals surface area contributed by atoms with Crippen LogP contribution in [-0.2, 0) is 20.9 Å². The SMILES string of the molecule is O=C(C[C@H]1C[C@H]2c3cc(NC(=O)C4CCC4)ccc3O[C@H]2[C@H](CO)O1)NCc1ccncc1. The fraction of sp³-hybridized carbons (Fsp3) is 0.480. The topological polar surface area (TPSA) is 110 Å². The number of aliphatic hydroxyl groups excluding tert-OH is 1. The Bertz CT molecular complexity index is 1010. The number of anilines is 1. The van der Waals surface area contributed by atoms with Crippen molar-refractivity contribution < 1.29 is 24.2 Å². The molecule has 3 N–H and O–H groups in total. The maximum atomic E-state index is 12.5. The lowest BCUT2D eigenvalue weighted by molar-refractivity contribution is -0.142. The van der Waals surface area contributed by atoms with Crippen LogP contribution in [0.25, 0.3) is 0 Å². The van der Waals surface area contributed by atoms with Crippen LogP contribution in [0.3, 0.4) is 0 Å². The summed E-state index contributed by atoms with van der Waals surface area (Å²) in [4.78, 5) is 28.9. The van der Waals surface area contributed by atoms with E-state index >= 15 is 0 Å². The van der Waals surface area contributed by atoms with Gasteiger partial charge >= 0.3 is 0 Å². The first kappa shape index (κ1) is 21.9. The van der Waals surface area contributed by atoms with Crippen LogP contribution in [0.5, 0.6) is 5.75 Å². The minimum atomic E-state index is -0.512. The van der Waals surface area contributed by atoms with E-state index in [1.54, 1.807) is 12.4 Å². The molecule has 0 unspecified atom stereocenters. The van der Waals surface area contributed by atoms with Crippen LogP contribution in [0, 0.1) is 5.92 Å². The zero-order valence-electron chi connectivity index (χ0n) is 18.4. The van der Waals surface area contributed by atoms with Crippen molar-refractivity contribution in [2.24, 2.45) is 5.92 Å². The molecule has 2 amide bonds. The quantitative estimate of drug-likeness (QED) is 0.597. The standard InChI is InChI=1S/C25H29N3O5/c29-14-22-24-20(11-18(32-22)12-23(30)27-13-15-6-8-26-9-7-15)19-10-17(4-5-21(19)33-24)28-25(31)16-2-1-3-16/h4-10,16,18,20,22,24,29H,1-3,11-14H2,(H,27,30)(H,28,31)/t18-,20+,22+,24-/m1/s1. The molecule has 1 saturated heterocycles. The Balaban J connectivity index is 1.25. The summed E-state index contributed by atoms with van der Waals surface area (Å²) in [6.45, 7) is 0.245. The predicted octanol–water partition coefficient (Wildman–Crippen LogP) is 2.52. The maximum Gasteiger partial charge on any atom is 0.227 e. The van der Waals surface area contributed by atoms with Gasteiger partial charge in [0.2, 0.25) is 11.8 Å². The molecule has 1 aromatic heterocycles. The average molecular weight is 452 g/mol. The van der Waals surface area contributed by atoms with Gasteiger partial charge in [0.05, 0.1) is 19.1 Å². The van der Waals surface area contributed by atoms with E-state index in [0.717, 1.165) is 41.8 Å². The molecule has 4 atom stereocenters. The van der Waals surface area contributed by atoms with Gasteiger partial charge in [0.15, 0.2) is 0 Å². The third-order valence-corrected chi connectivity index (χ3v) is 6.89. The number of aliphatic hydroxyl groups is 1. The number of hydrogen-bond donors (Lipinski definition) is 3. The van der Waals surface area contributed by atoms with Gasteiger partial charge in [-0.2, -0.15) is 0 Å². The Morgan fingerprint density at radius 2 is 1.97 bits per heavy atom. The van der Waals surface area contributed by atoms with Crippen LogP contribution in [-0.4, -0.2) is 46.8 Å². The number of fused-ring (bicyclic) bond motifs is 3. The minimum absolute atomic E-state index is 0.00977. The first-order valence-electron chi connectivity index (χ1n) is 11.6. The first-order chi connectivity index (χ1) is 16.1. The second kappa shape index (κ2) is 9.49. The summed E-state index contributed by atoms with van der Waals surface area (Å²) in [6.07, 6.45) is 6.06. The van der Waals surface area contributed by atoms with Gasteiger partial charge in [-0.15, -0.1) is 0 Å². The lowest BCUT2D eigenvalue weighted by atomic mass is 9.83. The summed E-state index contributed by atoms with van der Waals surface area (Å²) in [5.41, 5.74) is 2.73. The Morgan fingerprint density at radius 1 is 1.15 bits per heavy atom. The Morgan fingerprint density at radius 3 is 2.70 bits per heavy atom. The molecule has 1 aromatic carbocycles. The van der Waals surface area contributed by atoms with Gasteiger partial charge < -0.3 is 25.2 Å². The van der Waals surface area contributed by atoms with E-state index in [9.17, 15) is 14.7 Å². The predicted molar refractivity (Wildman–Crippen MR) is 121 cm³/mol. The van der Waals surface area contributed by atoms with Gasteiger partial charge in [-0.1, -0.05) is 6.42 Å². The zero-order valence-corrected chi connectivity index (χ0v) is 18.4. The number of hydrogen-bond acceptors (Lipinski definition) is 6. The minimum Gasteiger partial charge on any atom is -0.487 e. The summed E-state index contributed by atoms with van der Waals surface area (Å²) in [7, 11) is 0. The van der Waals surface area contributed by atoms with Crippen LogP contribution in [0.1, 0.15) is 49.1 Å². The van der Waals surface area contributed by atoms with Gasteiger partial charge in [0, 0.05) is 42.0 Å². The van der Waals surface area contributed by atoms with Crippen molar-refractivity contribution in [2.75, 3.05) is 11.9 Å². The summed E-state index contributed by atoms with van der Waals surface area (Å²) < 4.78 is 12.1. The number of carbonyl (C=O) groups excluding carboxylic acids is 2. The molecule has 5 rings (SSSR count). The van der Waals surface area contributed by atoms with Crippen LogP contribution in [0.4, 0.5) is 5.69 Å². The number of nitrogens with zero attached hydrogens (tertiary/aromatic N) is 1. The number of ether oxygens (including phenoxy) is 2. The lowest BCUT2D eigenvalue weighted by Crippen LogP contribution is -2.47. The third kappa shape index (κ3) is 4.72. The highest BCUT2D eigenvalue weighted by molar-refractivity contribution is 5.93. The monoisotopic (exact) mass is 451 g/mol. The lowest BCUT2D eigenvalue weighted by Gasteiger charge is -2.37. The fourth-order valence-electron chi connectivity index (χ4n) is 4.86. The van der Waals surface area contributed by atoms with Crippen molar-refractivity contribution >= 4 is 17.5 Å². The highest BCUT2D eigenvalue weighted by Crippen LogP contribution is 2.47. The molecule has 8 heteroatoms. The molecule has 3 aliphatic rings. The van der Waals surface area contributed by atoms with Gasteiger partial charge in [0.25, 0.3) is 0 Å². The molecule has 2 aliphatic heterocycles. The van der Waals surface area contributed by atoms with Crippen molar-refractivity contribution in [1.29, 1.82) is 0 Å². The van der Waals surface area contributed by atoms with E-state index in [0.29, 0.717) is 13.0 Å². The number of aromatic nitrogens is 1. The van der Waals surface area contributed by atoms with Gasteiger partial charge in [-0.25, -0.2) is 0 Å².